The van der Waals surface area contributed by atoms with E-state index < -0.39 is 11.7 Å². The standard InChI is InChI=1S/C11H14F2O/c1-10(2,3)14-11(12,13)9-7-5-4-6-8-9/h4-8H,1-3H3. The van der Waals surface area contributed by atoms with Gasteiger partial charge < -0.3 is 4.74 Å². The predicted molar refractivity (Wildman–Crippen MR) is 51.2 cm³/mol. The lowest BCUT2D eigenvalue weighted by molar-refractivity contribution is -0.293. The van der Waals surface area contributed by atoms with Gasteiger partial charge in [0.15, 0.2) is 0 Å². The van der Waals surface area contributed by atoms with Crippen molar-refractivity contribution in [3.63, 3.8) is 0 Å². The van der Waals surface area contributed by atoms with Crippen LogP contribution in [0.4, 0.5) is 8.78 Å². The summed E-state index contributed by atoms with van der Waals surface area (Å²) in [5, 5.41) is 0. The minimum absolute atomic E-state index is 0.116. The Balaban J connectivity index is 2.86. The maximum atomic E-state index is 13.4. The third-order valence-electron chi connectivity index (χ3n) is 1.54. The molecule has 0 saturated heterocycles. The molecule has 0 aliphatic carbocycles. The Hall–Kier alpha value is -0.960. The molecule has 14 heavy (non-hydrogen) atoms. The van der Waals surface area contributed by atoms with Crippen molar-refractivity contribution in [2.75, 3.05) is 0 Å². The maximum Gasteiger partial charge on any atom is 0.383 e. The fourth-order valence-electron chi connectivity index (χ4n) is 1.08. The van der Waals surface area contributed by atoms with Crippen LogP contribution in [0.25, 0.3) is 0 Å². The van der Waals surface area contributed by atoms with E-state index in [4.69, 9.17) is 0 Å². The maximum absolute atomic E-state index is 13.4. The lowest BCUT2D eigenvalue weighted by Gasteiger charge is -2.26. The Morgan fingerprint density at radius 2 is 1.50 bits per heavy atom. The van der Waals surface area contributed by atoms with Gasteiger partial charge in [0.25, 0.3) is 0 Å². The highest BCUT2D eigenvalue weighted by molar-refractivity contribution is 5.18. The van der Waals surface area contributed by atoms with Crippen molar-refractivity contribution in [3.05, 3.63) is 35.9 Å². The van der Waals surface area contributed by atoms with E-state index in [-0.39, 0.29) is 5.56 Å². The Labute approximate surface area is 82.7 Å². The highest BCUT2D eigenvalue weighted by Crippen LogP contribution is 2.33. The van der Waals surface area contributed by atoms with Gasteiger partial charge in [-0.25, -0.2) is 0 Å². The van der Waals surface area contributed by atoms with Crippen molar-refractivity contribution in [1.29, 1.82) is 0 Å². The fraction of sp³-hybridized carbons (Fsp3) is 0.455. The first-order valence-electron chi connectivity index (χ1n) is 4.45. The molecule has 0 bridgehead atoms. The molecule has 3 heteroatoms. The first-order chi connectivity index (χ1) is 6.31. The number of rotatable bonds is 2. The van der Waals surface area contributed by atoms with Crippen molar-refractivity contribution < 1.29 is 13.5 Å². The van der Waals surface area contributed by atoms with Gasteiger partial charge in [0, 0.05) is 0 Å². The molecule has 0 atom stereocenters. The lowest BCUT2D eigenvalue weighted by atomic mass is 10.1. The number of halogens is 2. The summed E-state index contributed by atoms with van der Waals surface area (Å²) >= 11 is 0. The summed E-state index contributed by atoms with van der Waals surface area (Å²) in [6.07, 6.45) is -3.22. The molecule has 78 valence electrons. The second-order valence-corrected chi connectivity index (χ2v) is 4.10. The molecular formula is C11H14F2O. The largest absolute Gasteiger partial charge is 0.383 e. The predicted octanol–water partition coefficient (Wildman–Crippen LogP) is 3.55. The number of hydrogen-bond acceptors (Lipinski definition) is 1. The number of benzene rings is 1. The van der Waals surface area contributed by atoms with Crippen molar-refractivity contribution >= 4 is 0 Å². The van der Waals surface area contributed by atoms with Crippen molar-refractivity contribution in [2.24, 2.45) is 0 Å². The molecule has 1 aromatic rings. The van der Waals surface area contributed by atoms with Crippen LogP contribution in [0.5, 0.6) is 0 Å². The Morgan fingerprint density at radius 1 is 1.00 bits per heavy atom. The van der Waals surface area contributed by atoms with Gasteiger partial charge >= 0.3 is 6.11 Å². The van der Waals surface area contributed by atoms with Crippen LogP contribution in [0.1, 0.15) is 26.3 Å². The number of ether oxygens (including phenoxy) is 1. The van der Waals surface area contributed by atoms with E-state index in [1.54, 1.807) is 39.0 Å². The summed E-state index contributed by atoms with van der Waals surface area (Å²) in [6.45, 7) is 4.80. The summed E-state index contributed by atoms with van der Waals surface area (Å²) < 4.78 is 31.5. The average molecular weight is 200 g/mol. The van der Waals surface area contributed by atoms with Crippen LogP contribution in [0.15, 0.2) is 30.3 Å². The van der Waals surface area contributed by atoms with Gasteiger partial charge in [-0.15, -0.1) is 0 Å². The number of hydrogen-bond donors (Lipinski definition) is 0. The van der Waals surface area contributed by atoms with Crippen LogP contribution in [-0.4, -0.2) is 5.60 Å². The van der Waals surface area contributed by atoms with E-state index in [1.165, 1.54) is 12.1 Å². The van der Waals surface area contributed by atoms with E-state index in [2.05, 4.69) is 4.74 Å². The highest BCUT2D eigenvalue weighted by Gasteiger charge is 2.37. The first kappa shape index (κ1) is 11.1. The van der Waals surface area contributed by atoms with Gasteiger partial charge in [0.2, 0.25) is 0 Å². The van der Waals surface area contributed by atoms with Crippen LogP contribution < -0.4 is 0 Å². The zero-order valence-corrected chi connectivity index (χ0v) is 8.55. The molecule has 0 fully saturated rings. The molecule has 0 heterocycles. The molecule has 1 rings (SSSR count). The summed E-state index contributed by atoms with van der Waals surface area (Å²) in [7, 11) is 0. The van der Waals surface area contributed by atoms with Crippen LogP contribution in [-0.2, 0) is 10.8 Å². The average Bonchev–Trinajstić information content (AvgIpc) is 2.01. The molecule has 1 aromatic carbocycles. The second-order valence-electron chi connectivity index (χ2n) is 4.10. The lowest BCUT2D eigenvalue weighted by Crippen LogP contribution is -2.30. The minimum atomic E-state index is -3.22. The monoisotopic (exact) mass is 200 g/mol. The Bertz CT molecular complexity index is 288. The topological polar surface area (TPSA) is 9.23 Å². The Kier molecular flexibility index (Phi) is 2.90. The number of alkyl halides is 2. The summed E-state index contributed by atoms with van der Waals surface area (Å²) in [4.78, 5) is 0. The molecule has 1 nitrogen and oxygen atoms in total. The third-order valence-corrected chi connectivity index (χ3v) is 1.54. The van der Waals surface area contributed by atoms with Crippen molar-refractivity contribution in [3.8, 4) is 0 Å². The van der Waals surface area contributed by atoms with Gasteiger partial charge in [-0.2, -0.15) is 8.78 Å². The summed E-state index contributed by atoms with van der Waals surface area (Å²) in [6, 6.07) is 7.53. The molecule has 0 amide bonds. The van der Waals surface area contributed by atoms with Crippen molar-refractivity contribution in [1.82, 2.24) is 0 Å². The normalized spacial score (nSPS) is 12.9. The zero-order valence-electron chi connectivity index (χ0n) is 8.55. The Morgan fingerprint density at radius 3 is 1.93 bits per heavy atom. The second kappa shape index (κ2) is 3.65. The highest BCUT2D eigenvalue weighted by atomic mass is 19.3. The molecule has 0 spiro atoms. The van der Waals surface area contributed by atoms with Crippen LogP contribution in [0, 0.1) is 0 Å². The molecule has 0 aromatic heterocycles. The fourth-order valence-corrected chi connectivity index (χ4v) is 1.08. The molecular weight excluding hydrogens is 186 g/mol. The van der Waals surface area contributed by atoms with E-state index in [9.17, 15) is 8.78 Å². The quantitative estimate of drug-likeness (QED) is 0.709. The molecule has 0 radical (unpaired) electrons. The molecule has 0 saturated carbocycles. The summed E-state index contributed by atoms with van der Waals surface area (Å²) in [5.74, 6) is 0. The van der Waals surface area contributed by atoms with Gasteiger partial charge in [0.05, 0.1) is 11.2 Å². The van der Waals surface area contributed by atoms with E-state index >= 15 is 0 Å². The minimum Gasteiger partial charge on any atom is -0.311 e. The molecule has 0 aliphatic heterocycles. The SMILES string of the molecule is CC(C)(C)OC(F)(F)c1ccccc1. The van der Waals surface area contributed by atoms with Gasteiger partial charge in [-0.1, -0.05) is 30.3 Å². The van der Waals surface area contributed by atoms with Gasteiger partial charge in [-0.05, 0) is 20.8 Å². The van der Waals surface area contributed by atoms with Gasteiger partial charge in [0.1, 0.15) is 0 Å². The van der Waals surface area contributed by atoms with E-state index in [0.717, 1.165) is 0 Å². The van der Waals surface area contributed by atoms with E-state index in [1.807, 2.05) is 0 Å². The zero-order chi connectivity index (χ0) is 10.8. The van der Waals surface area contributed by atoms with Gasteiger partial charge in [-0.3, -0.25) is 0 Å². The summed E-state index contributed by atoms with van der Waals surface area (Å²) in [5.41, 5.74) is -0.978. The van der Waals surface area contributed by atoms with Crippen LogP contribution >= 0.6 is 0 Å². The van der Waals surface area contributed by atoms with Crippen LogP contribution in [0.3, 0.4) is 0 Å². The molecule has 0 aliphatic rings. The smallest absolute Gasteiger partial charge is 0.311 e. The first-order valence-corrected chi connectivity index (χ1v) is 4.45. The molecule has 0 N–H and O–H groups in total. The molecule has 0 unspecified atom stereocenters. The third kappa shape index (κ3) is 3.07. The van der Waals surface area contributed by atoms with Crippen molar-refractivity contribution in [2.45, 2.75) is 32.5 Å². The van der Waals surface area contributed by atoms with Crippen LogP contribution in [0.2, 0.25) is 0 Å². The van der Waals surface area contributed by atoms with E-state index in [0.29, 0.717) is 0 Å².